The van der Waals surface area contributed by atoms with Gasteiger partial charge in [0.05, 0.1) is 0 Å². The van der Waals surface area contributed by atoms with Crippen molar-refractivity contribution in [1.29, 1.82) is 0 Å². The quantitative estimate of drug-likeness (QED) is 0.690. The molecule has 1 unspecified atom stereocenters. The van der Waals surface area contributed by atoms with E-state index >= 15 is 0 Å². The lowest BCUT2D eigenvalue weighted by Crippen LogP contribution is -2.18. The molecule has 2 N–H and O–H groups in total. The number of rotatable bonds is 1. The van der Waals surface area contributed by atoms with E-state index in [1.54, 1.807) is 0 Å². The molecule has 0 amide bonds. The zero-order valence-electron chi connectivity index (χ0n) is 9.74. The third kappa shape index (κ3) is 2.53. The van der Waals surface area contributed by atoms with E-state index in [2.05, 4.69) is 32.0 Å². The predicted octanol–water partition coefficient (Wildman–Crippen LogP) is 3.81. The molecule has 0 aromatic heterocycles. The normalized spacial score (nSPS) is 31.5. The van der Waals surface area contributed by atoms with Crippen molar-refractivity contribution >= 4 is 5.69 Å². The number of hydrogen-bond acceptors (Lipinski definition) is 1. The molecule has 0 aliphatic heterocycles. The highest BCUT2D eigenvalue weighted by molar-refractivity contribution is 5.41. The summed E-state index contributed by atoms with van der Waals surface area (Å²) in [5, 5.41) is 0. The van der Waals surface area contributed by atoms with Gasteiger partial charge >= 0.3 is 0 Å². The van der Waals surface area contributed by atoms with E-state index in [1.165, 1.54) is 24.8 Å². The third-order valence-corrected chi connectivity index (χ3v) is 3.56. The second kappa shape index (κ2) is 4.26. The fourth-order valence-corrected chi connectivity index (χ4v) is 3.03. The van der Waals surface area contributed by atoms with E-state index in [0.29, 0.717) is 0 Å². The van der Waals surface area contributed by atoms with E-state index in [9.17, 15) is 0 Å². The average molecular weight is 203 g/mol. The second-order valence-electron chi connectivity index (χ2n) is 5.28. The molecule has 0 radical (unpaired) electrons. The first-order valence-electron chi connectivity index (χ1n) is 6.00. The van der Waals surface area contributed by atoms with Crippen molar-refractivity contribution in [2.24, 2.45) is 11.8 Å². The van der Waals surface area contributed by atoms with Crippen LogP contribution in [0.25, 0.3) is 0 Å². The van der Waals surface area contributed by atoms with Crippen LogP contribution in [0.5, 0.6) is 0 Å². The average Bonchev–Trinajstić information content (AvgIpc) is 2.16. The Balaban J connectivity index is 2.16. The van der Waals surface area contributed by atoms with E-state index in [-0.39, 0.29) is 0 Å². The van der Waals surface area contributed by atoms with Crippen LogP contribution in [0.3, 0.4) is 0 Å². The minimum Gasteiger partial charge on any atom is -0.399 e. The highest BCUT2D eigenvalue weighted by Crippen LogP contribution is 2.39. The Bertz CT molecular complexity index is 322. The van der Waals surface area contributed by atoms with Gasteiger partial charge in [-0.25, -0.2) is 0 Å². The van der Waals surface area contributed by atoms with Gasteiger partial charge in [0, 0.05) is 5.69 Å². The van der Waals surface area contributed by atoms with Crippen molar-refractivity contribution in [1.82, 2.24) is 0 Å². The largest absolute Gasteiger partial charge is 0.399 e. The lowest BCUT2D eigenvalue weighted by molar-refractivity contribution is 0.268. The summed E-state index contributed by atoms with van der Waals surface area (Å²) in [7, 11) is 0. The molecule has 2 rings (SSSR count). The molecule has 1 fully saturated rings. The maximum Gasteiger partial charge on any atom is 0.0316 e. The van der Waals surface area contributed by atoms with Crippen LogP contribution >= 0.6 is 0 Å². The fourth-order valence-electron chi connectivity index (χ4n) is 3.03. The third-order valence-electron chi connectivity index (χ3n) is 3.56. The SMILES string of the molecule is C[C@@H]1CC(c2cccc(N)c2)C[C@H](C)C1. The Morgan fingerprint density at radius 3 is 2.33 bits per heavy atom. The Kier molecular flexibility index (Phi) is 2.99. The Morgan fingerprint density at radius 1 is 1.07 bits per heavy atom. The van der Waals surface area contributed by atoms with Crippen molar-refractivity contribution in [3.8, 4) is 0 Å². The summed E-state index contributed by atoms with van der Waals surface area (Å²) >= 11 is 0. The van der Waals surface area contributed by atoms with E-state index in [4.69, 9.17) is 5.73 Å². The first kappa shape index (κ1) is 10.5. The monoisotopic (exact) mass is 203 g/mol. The van der Waals surface area contributed by atoms with Crippen LogP contribution in [0, 0.1) is 11.8 Å². The zero-order valence-corrected chi connectivity index (χ0v) is 9.74. The van der Waals surface area contributed by atoms with Crippen LogP contribution in [0.2, 0.25) is 0 Å². The van der Waals surface area contributed by atoms with Gasteiger partial charge in [-0.2, -0.15) is 0 Å². The van der Waals surface area contributed by atoms with Crippen LogP contribution in [0.1, 0.15) is 44.6 Å². The van der Waals surface area contributed by atoms with Crippen molar-refractivity contribution in [3.63, 3.8) is 0 Å². The fraction of sp³-hybridized carbons (Fsp3) is 0.571. The smallest absolute Gasteiger partial charge is 0.0316 e. The number of hydrogen-bond donors (Lipinski definition) is 1. The van der Waals surface area contributed by atoms with Crippen molar-refractivity contribution in [2.75, 3.05) is 5.73 Å². The first-order valence-corrected chi connectivity index (χ1v) is 6.00. The summed E-state index contributed by atoms with van der Waals surface area (Å²) in [6.45, 7) is 4.74. The van der Waals surface area contributed by atoms with Crippen molar-refractivity contribution in [3.05, 3.63) is 29.8 Å². The van der Waals surface area contributed by atoms with Gasteiger partial charge < -0.3 is 5.73 Å². The predicted molar refractivity (Wildman–Crippen MR) is 65.8 cm³/mol. The molecule has 1 heteroatoms. The number of nitrogens with two attached hydrogens (primary N) is 1. The summed E-state index contributed by atoms with van der Waals surface area (Å²) in [5.74, 6) is 2.45. The van der Waals surface area contributed by atoms with Gasteiger partial charge in [0.2, 0.25) is 0 Å². The maximum atomic E-state index is 5.83. The highest BCUT2D eigenvalue weighted by Gasteiger charge is 2.24. The molecule has 3 atom stereocenters. The standard InChI is InChI=1S/C14H21N/c1-10-6-11(2)8-13(7-10)12-4-3-5-14(15)9-12/h3-5,9-11,13H,6-8,15H2,1-2H3/t10-,11+,13?. The summed E-state index contributed by atoms with van der Waals surface area (Å²) in [4.78, 5) is 0. The topological polar surface area (TPSA) is 26.0 Å². The number of benzene rings is 1. The number of anilines is 1. The van der Waals surface area contributed by atoms with Crippen molar-refractivity contribution < 1.29 is 0 Å². The molecule has 1 saturated carbocycles. The maximum absolute atomic E-state index is 5.83. The molecule has 15 heavy (non-hydrogen) atoms. The van der Waals surface area contributed by atoms with Crippen LogP contribution in [-0.4, -0.2) is 0 Å². The van der Waals surface area contributed by atoms with E-state index in [0.717, 1.165) is 23.4 Å². The van der Waals surface area contributed by atoms with Crippen LogP contribution in [-0.2, 0) is 0 Å². The molecule has 1 aliphatic rings. The van der Waals surface area contributed by atoms with Gasteiger partial charge in [-0.3, -0.25) is 0 Å². The summed E-state index contributed by atoms with van der Waals surface area (Å²) in [6, 6.07) is 8.43. The Morgan fingerprint density at radius 2 is 1.73 bits per heavy atom. The van der Waals surface area contributed by atoms with Crippen LogP contribution in [0.15, 0.2) is 24.3 Å². The first-order chi connectivity index (χ1) is 7.15. The van der Waals surface area contributed by atoms with Gasteiger partial charge in [-0.15, -0.1) is 0 Å². The molecule has 0 bridgehead atoms. The highest BCUT2D eigenvalue weighted by atomic mass is 14.5. The lowest BCUT2D eigenvalue weighted by Gasteiger charge is -2.31. The summed E-state index contributed by atoms with van der Waals surface area (Å²) in [6.07, 6.45) is 4.04. The van der Waals surface area contributed by atoms with Gasteiger partial charge in [0.1, 0.15) is 0 Å². The van der Waals surface area contributed by atoms with Crippen molar-refractivity contribution in [2.45, 2.75) is 39.0 Å². The molecule has 0 heterocycles. The summed E-state index contributed by atoms with van der Waals surface area (Å²) < 4.78 is 0. The molecule has 1 nitrogen and oxygen atoms in total. The van der Waals surface area contributed by atoms with E-state index < -0.39 is 0 Å². The Hall–Kier alpha value is -0.980. The van der Waals surface area contributed by atoms with Gasteiger partial charge in [-0.05, 0) is 54.7 Å². The minimum absolute atomic E-state index is 0.729. The number of nitrogen functional groups attached to an aromatic ring is 1. The van der Waals surface area contributed by atoms with Crippen LogP contribution in [0.4, 0.5) is 5.69 Å². The summed E-state index contributed by atoms with van der Waals surface area (Å²) in [5.41, 5.74) is 8.17. The Labute approximate surface area is 92.7 Å². The second-order valence-corrected chi connectivity index (χ2v) is 5.28. The molecule has 1 aliphatic carbocycles. The molecule has 1 aromatic carbocycles. The molecule has 0 saturated heterocycles. The minimum atomic E-state index is 0.729. The lowest BCUT2D eigenvalue weighted by atomic mass is 9.74. The van der Waals surface area contributed by atoms with Crippen LogP contribution < -0.4 is 5.73 Å². The molecular formula is C14H21N. The van der Waals surface area contributed by atoms with Gasteiger partial charge in [-0.1, -0.05) is 26.0 Å². The van der Waals surface area contributed by atoms with E-state index in [1.807, 2.05) is 6.07 Å². The molecule has 82 valence electrons. The van der Waals surface area contributed by atoms with Gasteiger partial charge in [0.25, 0.3) is 0 Å². The molecule has 1 aromatic rings. The van der Waals surface area contributed by atoms with Gasteiger partial charge in [0.15, 0.2) is 0 Å². The molecular weight excluding hydrogens is 182 g/mol. The molecule has 0 spiro atoms. The zero-order chi connectivity index (χ0) is 10.8.